The molecular weight excluding hydrogens is 448 g/mol. The number of nitrogens with two attached hydrogens (primary N) is 1. The van der Waals surface area contributed by atoms with Gasteiger partial charge in [0.05, 0.1) is 37.4 Å². The Morgan fingerprint density at radius 1 is 1.06 bits per heavy atom. The van der Waals surface area contributed by atoms with Gasteiger partial charge >= 0.3 is 11.9 Å². The number of nitrogens with one attached hydrogen (secondary N) is 1. The first-order valence-electron chi connectivity index (χ1n) is 10.9. The maximum atomic E-state index is 13.1. The summed E-state index contributed by atoms with van der Waals surface area (Å²) in [6, 6.07) is 18.1. The highest BCUT2D eigenvalue weighted by Crippen LogP contribution is 2.43. The molecule has 1 amide bonds. The molecular formula is C26H24N4O5. The number of nitriles is 1. The molecule has 2 aromatic carbocycles. The van der Waals surface area contributed by atoms with Crippen molar-refractivity contribution >= 4 is 23.5 Å². The topological polar surface area (TPSA) is 135 Å². The van der Waals surface area contributed by atoms with E-state index in [0.717, 1.165) is 5.56 Å². The van der Waals surface area contributed by atoms with E-state index in [1.54, 1.807) is 48.5 Å². The largest absolute Gasteiger partial charge is 0.466 e. The number of nitrogens with zero attached hydrogens (tertiary/aromatic N) is 2. The summed E-state index contributed by atoms with van der Waals surface area (Å²) in [4.78, 5) is 39.3. The van der Waals surface area contributed by atoms with Gasteiger partial charge in [0.2, 0.25) is 5.91 Å². The van der Waals surface area contributed by atoms with Gasteiger partial charge in [0.15, 0.2) is 0 Å². The molecule has 9 heteroatoms. The fraction of sp³-hybridized carbons (Fsp3) is 0.231. The average Bonchev–Trinajstić information content (AvgIpc) is 3.33. The van der Waals surface area contributed by atoms with E-state index in [4.69, 9.17) is 15.2 Å². The van der Waals surface area contributed by atoms with Gasteiger partial charge in [-0.2, -0.15) is 5.26 Å². The third-order valence-corrected chi connectivity index (χ3v) is 6.19. The number of anilines is 1. The minimum atomic E-state index is -0.932. The molecule has 4 rings (SSSR count). The van der Waals surface area contributed by atoms with Crippen LogP contribution in [0.4, 0.5) is 5.69 Å². The van der Waals surface area contributed by atoms with Crippen LogP contribution in [0.3, 0.4) is 0 Å². The van der Waals surface area contributed by atoms with Gasteiger partial charge in [-0.15, -0.1) is 0 Å². The predicted octanol–water partition coefficient (Wildman–Crippen LogP) is 2.19. The fourth-order valence-electron chi connectivity index (χ4n) is 4.54. The summed E-state index contributed by atoms with van der Waals surface area (Å²) in [7, 11) is 2.40. The van der Waals surface area contributed by atoms with E-state index >= 15 is 0 Å². The summed E-state index contributed by atoms with van der Waals surface area (Å²) >= 11 is 0. The maximum absolute atomic E-state index is 13.1. The Balaban J connectivity index is 1.97. The van der Waals surface area contributed by atoms with Crippen molar-refractivity contribution < 1.29 is 23.9 Å². The minimum absolute atomic E-state index is 0.00724. The van der Waals surface area contributed by atoms with Crippen LogP contribution < -0.4 is 16.0 Å². The number of ether oxygens (including phenoxy) is 2. The van der Waals surface area contributed by atoms with E-state index < -0.39 is 17.9 Å². The zero-order chi connectivity index (χ0) is 25.1. The molecule has 178 valence electrons. The van der Waals surface area contributed by atoms with Crippen molar-refractivity contribution in [1.82, 2.24) is 5.32 Å². The highest BCUT2D eigenvalue weighted by Gasteiger charge is 2.43. The molecule has 2 atom stereocenters. The summed E-state index contributed by atoms with van der Waals surface area (Å²) in [5.41, 5.74) is 8.31. The maximum Gasteiger partial charge on any atom is 0.355 e. The third-order valence-electron chi connectivity index (χ3n) is 6.19. The van der Waals surface area contributed by atoms with E-state index in [0.29, 0.717) is 24.2 Å². The lowest BCUT2D eigenvalue weighted by molar-refractivity contribution is -0.139. The Morgan fingerprint density at radius 3 is 2.34 bits per heavy atom. The molecule has 2 aromatic rings. The molecule has 2 unspecified atom stereocenters. The summed E-state index contributed by atoms with van der Waals surface area (Å²) < 4.78 is 10.1. The van der Waals surface area contributed by atoms with Crippen LogP contribution in [0, 0.1) is 11.3 Å². The summed E-state index contributed by atoms with van der Waals surface area (Å²) in [6.45, 7) is 0.486. The van der Waals surface area contributed by atoms with Crippen molar-refractivity contribution in [3.05, 3.63) is 88.4 Å². The molecule has 35 heavy (non-hydrogen) atoms. The van der Waals surface area contributed by atoms with Crippen LogP contribution in [0.25, 0.3) is 0 Å². The number of carbonyl (C=O) groups is 3. The first kappa shape index (κ1) is 23.6. The number of hydrogen-bond acceptors (Lipinski definition) is 8. The van der Waals surface area contributed by atoms with Crippen molar-refractivity contribution in [1.29, 1.82) is 5.26 Å². The van der Waals surface area contributed by atoms with Crippen molar-refractivity contribution in [2.75, 3.05) is 25.7 Å². The van der Waals surface area contributed by atoms with Gasteiger partial charge in [-0.1, -0.05) is 42.5 Å². The zero-order valence-corrected chi connectivity index (χ0v) is 19.3. The van der Waals surface area contributed by atoms with Crippen molar-refractivity contribution in [3.63, 3.8) is 0 Å². The lowest BCUT2D eigenvalue weighted by atomic mass is 9.81. The standard InChI is InChI=1S/C26H24N4O5/c1-34-25(32)22-21(15-7-4-3-5-8-15)19(13-27)24(28)30(23(22)26(33)35-2)18-10-6-9-16(11-18)17-12-20(31)29-14-17/h3-11,17,21H,12,14,28H2,1-2H3,(H,29,31). The van der Waals surface area contributed by atoms with Gasteiger partial charge in [0.25, 0.3) is 0 Å². The number of methoxy groups -OCH3 is 2. The normalized spacial score (nSPS) is 19.8. The second kappa shape index (κ2) is 9.73. The van der Waals surface area contributed by atoms with Crippen LogP contribution in [0.5, 0.6) is 0 Å². The monoisotopic (exact) mass is 472 g/mol. The number of benzene rings is 2. The predicted molar refractivity (Wildman–Crippen MR) is 126 cm³/mol. The van der Waals surface area contributed by atoms with Crippen LogP contribution in [0.2, 0.25) is 0 Å². The first-order chi connectivity index (χ1) is 16.9. The van der Waals surface area contributed by atoms with Crippen LogP contribution >= 0.6 is 0 Å². The number of hydrogen-bond donors (Lipinski definition) is 2. The number of rotatable bonds is 5. The van der Waals surface area contributed by atoms with Gasteiger partial charge in [0, 0.05) is 24.6 Å². The molecule has 0 radical (unpaired) electrons. The highest BCUT2D eigenvalue weighted by molar-refractivity contribution is 6.06. The first-order valence-corrected chi connectivity index (χ1v) is 10.9. The quantitative estimate of drug-likeness (QED) is 0.633. The minimum Gasteiger partial charge on any atom is -0.466 e. The molecule has 0 aliphatic carbocycles. The Hall–Kier alpha value is -4.58. The van der Waals surface area contributed by atoms with Crippen molar-refractivity contribution in [3.8, 4) is 6.07 Å². The van der Waals surface area contributed by atoms with Crippen LogP contribution in [0.1, 0.15) is 29.4 Å². The summed E-state index contributed by atoms with van der Waals surface area (Å²) in [5.74, 6) is -2.64. The Morgan fingerprint density at radius 2 is 1.74 bits per heavy atom. The van der Waals surface area contributed by atoms with Crippen LogP contribution in [-0.4, -0.2) is 38.6 Å². The smallest absolute Gasteiger partial charge is 0.355 e. The molecule has 2 aliphatic heterocycles. The van der Waals surface area contributed by atoms with Gasteiger partial charge in [-0.25, -0.2) is 9.59 Å². The molecule has 0 bridgehead atoms. The number of carbonyl (C=O) groups excluding carboxylic acids is 3. The van der Waals surface area contributed by atoms with Gasteiger partial charge in [0.1, 0.15) is 11.5 Å². The van der Waals surface area contributed by atoms with E-state index in [1.807, 2.05) is 6.07 Å². The summed E-state index contributed by atoms with van der Waals surface area (Å²) in [5, 5.41) is 12.9. The molecule has 3 N–H and O–H groups in total. The van der Waals surface area contributed by atoms with E-state index in [-0.39, 0.29) is 34.5 Å². The van der Waals surface area contributed by atoms with E-state index in [9.17, 15) is 19.6 Å². The molecule has 1 fully saturated rings. The Bertz CT molecular complexity index is 1290. The molecule has 2 aliphatic rings. The second-order valence-corrected chi connectivity index (χ2v) is 8.14. The van der Waals surface area contributed by atoms with Gasteiger partial charge in [-0.05, 0) is 23.3 Å². The molecule has 0 spiro atoms. The second-order valence-electron chi connectivity index (χ2n) is 8.14. The van der Waals surface area contributed by atoms with E-state index in [2.05, 4.69) is 11.4 Å². The van der Waals surface area contributed by atoms with E-state index in [1.165, 1.54) is 19.1 Å². The SMILES string of the molecule is COC(=O)C1=C(C(=O)OC)N(c2cccc(C3CNC(=O)C3)c2)C(N)=C(C#N)C1c1ccccc1. The molecule has 1 saturated heterocycles. The van der Waals surface area contributed by atoms with Crippen LogP contribution in [-0.2, 0) is 23.9 Å². The third kappa shape index (κ3) is 4.22. The summed E-state index contributed by atoms with van der Waals surface area (Å²) in [6.07, 6.45) is 0.335. The molecule has 0 saturated carbocycles. The lowest BCUT2D eigenvalue weighted by Gasteiger charge is -2.36. The average molecular weight is 473 g/mol. The van der Waals surface area contributed by atoms with Crippen molar-refractivity contribution in [2.24, 2.45) is 5.73 Å². The van der Waals surface area contributed by atoms with Crippen LogP contribution in [0.15, 0.2) is 77.3 Å². The number of allylic oxidation sites excluding steroid dienone is 1. The zero-order valence-electron chi connectivity index (χ0n) is 19.3. The number of esters is 2. The Kier molecular flexibility index (Phi) is 6.55. The van der Waals surface area contributed by atoms with Gasteiger partial charge < -0.3 is 20.5 Å². The lowest BCUT2D eigenvalue weighted by Crippen LogP contribution is -2.40. The number of amides is 1. The van der Waals surface area contributed by atoms with Gasteiger partial charge in [-0.3, -0.25) is 9.69 Å². The highest BCUT2D eigenvalue weighted by atomic mass is 16.5. The molecule has 9 nitrogen and oxygen atoms in total. The molecule has 0 aromatic heterocycles. The molecule has 2 heterocycles. The van der Waals surface area contributed by atoms with Crippen molar-refractivity contribution in [2.45, 2.75) is 18.3 Å². The fourth-order valence-corrected chi connectivity index (χ4v) is 4.54. The Labute approximate surface area is 202 Å².